The molecule has 29 heavy (non-hydrogen) atoms. The quantitative estimate of drug-likeness (QED) is 0.539. The van der Waals surface area contributed by atoms with Crippen molar-refractivity contribution in [2.75, 3.05) is 7.11 Å². The number of nitrogens with one attached hydrogen (secondary N) is 1. The molecule has 0 unspecified atom stereocenters. The third-order valence-corrected chi connectivity index (χ3v) is 4.83. The molecule has 0 atom stereocenters. The average Bonchev–Trinajstić information content (AvgIpc) is 2.72. The minimum Gasteiger partial charge on any atom is -0.507 e. The van der Waals surface area contributed by atoms with Crippen molar-refractivity contribution in [1.29, 1.82) is 0 Å². The van der Waals surface area contributed by atoms with Crippen molar-refractivity contribution in [3.8, 4) is 22.8 Å². The number of aromatic amines is 1. The molecule has 146 valence electrons. The summed E-state index contributed by atoms with van der Waals surface area (Å²) in [4.78, 5) is 31.6. The Balaban J connectivity index is 1.92. The number of hydrogen-bond donors (Lipinski definition) is 2. The molecule has 2 N–H and O–H groups in total. The number of benzene rings is 2. The summed E-state index contributed by atoms with van der Waals surface area (Å²) < 4.78 is 6.59. The molecule has 0 saturated carbocycles. The van der Waals surface area contributed by atoms with Gasteiger partial charge in [0.1, 0.15) is 11.5 Å². The van der Waals surface area contributed by atoms with Gasteiger partial charge < -0.3 is 9.84 Å². The number of phenols is 1. The van der Waals surface area contributed by atoms with E-state index >= 15 is 0 Å². The molecule has 7 nitrogen and oxygen atoms in total. The van der Waals surface area contributed by atoms with Crippen LogP contribution in [-0.2, 0) is 6.54 Å². The Morgan fingerprint density at radius 1 is 1.10 bits per heavy atom. The number of pyridine rings is 1. The van der Waals surface area contributed by atoms with Crippen molar-refractivity contribution in [2.24, 2.45) is 0 Å². The molecule has 0 aliphatic heterocycles. The lowest BCUT2D eigenvalue weighted by Crippen LogP contribution is -2.31. The van der Waals surface area contributed by atoms with E-state index in [1.54, 1.807) is 48.5 Å². The number of hydrogen-bond acceptors (Lipinski definition) is 5. The highest BCUT2D eigenvalue weighted by molar-refractivity contribution is 6.30. The number of H-pyrrole nitrogens is 1. The maximum absolute atomic E-state index is 12.5. The normalized spacial score (nSPS) is 11.0. The lowest BCUT2D eigenvalue weighted by molar-refractivity contribution is 0.412. The van der Waals surface area contributed by atoms with Gasteiger partial charge in [0.25, 0.3) is 5.56 Å². The zero-order valence-electron chi connectivity index (χ0n) is 15.3. The summed E-state index contributed by atoms with van der Waals surface area (Å²) in [6, 6.07) is 15.0. The smallest absolute Gasteiger partial charge is 0.330 e. The highest BCUT2D eigenvalue weighted by Crippen LogP contribution is 2.32. The van der Waals surface area contributed by atoms with E-state index in [0.717, 1.165) is 5.56 Å². The van der Waals surface area contributed by atoms with Gasteiger partial charge in [-0.3, -0.25) is 14.3 Å². The zero-order valence-corrected chi connectivity index (χ0v) is 16.1. The molecule has 4 aromatic rings. The number of methoxy groups -OCH3 is 1. The number of nitrogens with zero attached hydrogens (tertiary/aromatic N) is 2. The largest absolute Gasteiger partial charge is 0.507 e. The Morgan fingerprint density at radius 2 is 1.86 bits per heavy atom. The number of phenolic OH excluding ortho intramolecular Hbond substituents is 1. The molecule has 0 aliphatic carbocycles. The van der Waals surface area contributed by atoms with E-state index in [1.165, 1.54) is 17.7 Å². The minimum absolute atomic E-state index is 0.00842. The van der Waals surface area contributed by atoms with Gasteiger partial charge >= 0.3 is 5.69 Å². The second-order valence-corrected chi connectivity index (χ2v) is 6.86. The second-order valence-electron chi connectivity index (χ2n) is 6.42. The SMILES string of the molecule is COc1ccc(O)c(-c2ccc3c(=O)[nH]c(=O)n(Cc4ccc(Cl)cc4)c3n2)c1. The number of aromatic hydroxyl groups is 1. The Labute approximate surface area is 169 Å². The van der Waals surface area contributed by atoms with Gasteiger partial charge in [-0.1, -0.05) is 23.7 Å². The van der Waals surface area contributed by atoms with Crippen molar-refractivity contribution in [2.45, 2.75) is 6.54 Å². The van der Waals surface area contributed by atoms with E-state index in [1.807, 2.05) is 0 Å². The first kappa shape index (κ1) is 18.8. The maximum Gasteiger partial charge on any atom is 0.330 e. The summed E-state index contributed by atoms with van der Waals surface area (Å²) in [5.41, 5.74) is 0.777. The molecule has 2 heterocycles. The standard InChI is InChI=1S/C21H16ClN3O4/c1-29-14-6-9-18(26)16(10-14)17-8-7-15-19(23-17)25(21(28)24-20(15)27)11-12-2-4-13(22)5-3-12/h2-10,26H,11H2,1H3,(H,24,27,28). The van der Waals surface area contributed by atoms with Crippen molar-refractivity contribution >= 4 is 22.6 Å². The van der Waals surface area contributed by atoms with E-state index < -0.39 is 11.2 Å². The van der Waals surface area contributed by atoms with E-state index in [-0.39, 0.29) is 23.3 Å². The summed E-state index contributed by atoms with van der Waals surface area (Å²) in [5.74, 6) is 0.554. The predicted octanol–water partition coefficient (Wildman–Crippen LogP) is 3.17. The first-order valence-electron chi connectivity index (χ1n) is 8.72. The first-order chi connectivity index (χ1) is 14.0. The second kappa shape index (κ2) is 7.44. The number of halogens is 1. The van der Waals surface area contributed by atoms with Crippen LogP contribution in [0, 0.1) is 0 Å². The van der Waals surface area contributed by atoms with E-state index in [9.17, 15) is 14.7 Å². The predicted molar refractivity (Wildman–Crippen MR) is 111 cm³/mol. The Kier molecular flexibility index (Phi) is 4.82. The molecular weight excluding hydrogens is 394 g/mol. The highest BCUT2D eigenvalue weighted by atomic mass is 35.5. The van der Waals surface area contributed by atoms with Crippen LogP contribution in [0.3, 0.4) is 0 Å². The Bertz CT molecular complexity index is 1330. The van der Waals surface area contributed by atoms with E-state index in [2.05, 4.69) is 9.97 Å². The number of fused-ring (bicyclic) bond motifs is 1. The minimum atomic E-state index is -0.572. The van der Waals surface area contributed by atoms with Crippen molar-refractivity contribution in [3.05, 3.63) is 86.0 Å². The fourth-order valence-electron chi connectivity index (χ4n) is 3.08. The zero-order chi connectivity index (χ0) is 20.5. The molecule has 0 radical (unpaired) electrons. The molecule has 0 fully saturated rings. The third kappa shape index (κ3) is 3.60. The molecule has 4 rings (SSSR count). The fraction of sp³-hybridized carbons (Fsp3) is 0.0952. The molecule has 2 aromatic carbocycles. The molecule has 8 heteroatoms. The van der Waals surface area contributed by atoms with Crippen LogP contribution in [-0.4, -0.2) is 26.8 Å². The van der Waals surface area contributed by atoms with Gasteiger partial charge in [-0.2, -0.15) is 0 Å². The molecule has 2 aromatic heterocycles. The van der Waals surface area contributed by atoms with Gasteiger partial charge in [0.15, 0.2) is 5.65 Å². The lowest BCUT2D eigenvalue weighted by Gasteiger charge is -2.11. The summed E-state index contributed by atoms with van der Waals surface area (Å²) in [6.07, 6.45) is 0. The van der Waals surface area contributed by atoms with E-state index in [4.69, 9.17) is 16.3 Å². The van der Waals surface area contributed by atoms with Crippen LogP contribution in [0.2, 0.25) is 5.02 Å². The van der Waals surface area contributed by atoms with Crippen molar-refractivity contribution < 1.29 is 9.84 Å². The van der Waals surface area contributed by atoms with Crippen LogP contribution in [0.5, 0.6) is 11.5 Å². The molecule has 0 spiro atoms. The Morgan fingerprint density at radius 3 is 2.59 bits per heavy atom. The molecular formula is C21H16ClN3O4. The third-order valence-electron chi connectivity index (χ3n) is 4.57. The lowest BCUT2D eigenvalue weighted by atomic mass is 10.1. The molecule has 0 aliphatic rings. The monoisotopic (exact) mass is 409 g/mol. The van der Waals surface area contributed by atoms with Crippen LogP contribution in [0.15, 0.2) is 64.2 Å². The van der Waals surface area contributed by atoms with Crippen molar-refractivity contribution in [3.63, 3.8) is 0 Å². The van der Waals surface area contributed by atoms with Gasteiger partial charge in [-0.15, -0.1) is 0 Å². The van der Waals surface area contributed by atoms with Crippen LogP contribution < -0.4 is 16.0 Å². The average molecular weight is 410 g/mol. The van der Waals surface area contributed by atoms with E-state index in [0.29, 0.717) is 22.0 Å². The van der Waals surface area contributed by atoms with Crippen LogP contribution in [0.1, 0.15) is 5.56 Å². The number of aromatic nitrogens is 3. The fourth-order valence-corrected chi connectivity index (χ4v) is 3.20. The number of ether oxygens (including phenoxy) is 1. The number of rotatable bonds is 4. The van der Waals surface area contributed by atoms with Gasteiger partial charge in [0, 0.05) is 10.6 Å². The van der Waals surface area contributed by atoms with Gasteiger partial charge in [-0.05, 0) is 48.0 Å². The van der Waals surface area contributed by atoms with Gasteiger partial charge in [-0.25, -0.2) is 9.78 Å². The van der Waals surface area contributed by atoms with Crippen LogP contribution >= 0.6 is 11.6 Å². The molecule has 0 saturated heterocycles. The summed E-state index contributed by atoms with van der Waals surface area (Å²) >= 11 is 5.93. The maximum atomic E-state index is 12.5. The summed E-state index contributed by atoms with van der Waals surface area (Å²) in [5, 5.41) is 11.1. The molecule has 0 bridgehead atoms. The molecule has 0 amide bonds. The van der Waals surface area contributed by atoms with Gasteiger partial charge in [0.2, 0.25) is 0 Å². The van der Waals surface area contributed by atoms with Crippen LogP contribution in [0.4, 0.5) is 0 Å². The topological polar surface area (TPSA) is 97.2 Å². The first-order valence-corrected chi connectivity index (χ1v) is 9.10. The highest BCUT2D eigenvalue weighted by Gasteiger charge is 2.14. The van der Waals surface area contributed by atoms with Crippen molar-refractivity contribution in [1.82, 2.24) is 14.5 Å². The summed E-state index contributed by atoms with van der Waals surface area (Å²) in [7, 11) is 1.52. The summed E-state index contributed by atoms with van der Waals surface area (Å²) in [6.45, 7) is 0.198. The van der Waals surface area contributed by atoms with Crippen LogP contribution in [0.25, 0.3) is 22.3 Å². The van der Waals surface area contributed by atoms with Gasteiger partial charge in [0.05, 0.1) is 24.7 Å². The Hall–Kier alpha value is -3.58.